The summed E-state index contributed by atoms with van der Waals surface area (Å²) in [4.78, 5) is 6.77. The van der Waals surface area contributed by atoms with Gasteiger partial charge in [0.05, 0.1) is 25.3 Å². The van der Waals surface area contributed by atoms with Crippen molar-refractivity contribution < 1.29 is 9.47 Å². The number of anilines is 1. The van der Waals surface area contributed by atoms with Crippen molar-refractivity contribution in [3.8, 4) is 0 Å². The van der Waals surface area contributed by atoms with Crippen molar-refractivity contribution in [1.82, 2.24) is 14.5 Å². The molecule has 1 aromatic rings. The molecule has 1 aromatic heterocycles. The number of halogens is 1. The second kappa shape index (κ2) is 8.80. The minimum Gasteiger partial charge on any atom is -0.379 e. The summed E-state index contributed by atoms with van der Waals surface area (Å²) in [5.41, 5.74) is 1.10. The van der Waals surface area contributed by atoms with Gasteiger partial charge >= 0.3 is 0 Å². The molecule has 138 valence electrons. The van der Waals surface area contributed by atoms with Crippen LogP contribution in [0.2, 0.25) is 0 Å². The second-order valence-corrected chi connectivity index (χ2v) is 6.84. The van der Waals surface area contributed by atoms with Gasteiger partial charge in [-0.15, -0.1) is 0 Å². The van der Waals surface area contributed by atoms with Gasteiger partial charge in [0.25, 0.3) is 0 Å². The van der Waals surface area contributed by atoms with Crippen molar-refractivity contribution in [3.63, 3.8) is 0 Å². The number of ether oxygens (including phenoxy) is 2. The predicted octanol–water partition coefficient (Wildman–Crippen LogP) is 2.79. The van der Waals surface area contributed by atoms with Crippen LogP contribution in [0.3, 0.4) is 0 Å². The predicted molar refractivity (Wildman–Crippen MR) is 98.4 cm³/mol. The lowest BCUT2D eigenvalue weighted by Gasteiger charge is -2.27. The summed E-state index contributed by atoms with van der Waals surface area (Å²) in [6.45, 7) is 8.65. The highest BCUT2D eigenvalue weighted by atomic mass is 35.5. The van der Waals surface area contributed by atoms with Gasteiger partial charge in [0.1, 0.15) is 22.9 Å². The lowest BCUT2D eigenvalue weighted by Crippen LogP contribution is -2.37. The van der Waals surface area contributed by atoms with Gasteiger partial charge in [-0.1, -0.05) is 18.2 Å². The van der Waals surface area contributed by atoms with E-state index in [9.17, 15) is 0 Å². The van der Waals surface area contributed by atoms with Crippen molar-refractivity contribution in [2.24, 2.45) is 0 Å². The summed E-state index contributed by atoms with van der Waals surface area (Å²) in [6.07, 6.45) is 5.43. The molecule has 7 nitrogen and oxygen atoms in total. The fraction of sp³-hybridized carbons (Fsp3) is 0.647. The van der Waals surface area contributed by atoms with Crippen molar-refractivity contribution in [1.29, 1.82) is 5.41 Å². The van der Waals surface area contributed by atoms with Gasteiger partial charge in [-0.25, -0.2) is 4.98 Å². The zero-order chi connectivity index (χ0) is 17.6. The number of aromatic nitrogens is 2. The highest BCUT2D eigenvalue weighted by Gasteiger charge is 2.23. The number of nitrogens with one attached hydrogen (secondary N) is 2. The second-order valence-electron chi connectivity index (χ2n) is 6.38. The molecule has 2 saturated heterocycles. The third-order valence-corrected chi connectivity index (χ3v) is 4.68. The van der Waals surface area contributed by atoms with E-state index in [-0.39, 0.29) is 6.23 Å². The standard InChI is InChI=1S/C17H26ClN5O2/c1-13(18)21-17-16(14(19)5-6-22-7-10-24-11-8-22)20-12-23(17)15-4-2-3-9-25-15/h12,15,19,21H,1-11H2. The fourth-order valence-corrected chi connectivity index (χ4v) is 3.30. The molecule has 2 N–H and O–H groups in total. The molecular weight excluding hydrogens is 342 g/mol. The molecule has 0 saturated carbocycles. The fourth-order valence-electron chi connectivity index (χ4n) is 3.21. The molecule has 2 aliphatic rings. The number of hydrogen-bond donors (Lipinski definition) is 2. The molecule has 0 bridgehead atoms. The summed E-state index contributed by atoms with van der Waals surface area (Å²) in [7, 11) is 0. The Morgan fingerprint density at radius 2 is 2.16 bits per heavy atom. The molecule has 0 amide bonds. The van der Waals surface area contributed by atoms with E-state index in [1.807, 2.05) is 4.57 Å². The summed E-state index contributed by atoms with van der Waals surface area (Å²) in [6, 6.07) is 0. The van der Waals surface area contributed by atoms with Crippen LogP contribution in [0.1, 0.15) is 37.6 Å². The van der Waals surface area contributed by atoms with Gasteiger partial charge in [-0.2, -0.15) is 0 Å². The number of morpholine rings is 1. The number of nitrogens with zero attached hydrogens (tertiary/aromatic N) is 3. The van der Waals surface area contributed by atoms with Gasteiger partial charge in [-0.05, 0) is 19.3 Å². The molecule has 0 spiro atoms. The SMILES string of the molecule is C=C(Cl)Nc1c(C(=N)CCN2CCOCC2)ncn1C1CCCCO1. The summed E-state index contributed by atoms with van der Waals surface area (Å²) >= 11 is 5.98. The molecule has 8 heteroatoms. The largest absolute Gasteiger partial charge is 0.379 e. The number of rotatable bonds is 7. The lowest BCUT2D eigenvalue weighted by atomic mass is 10.1. The minimum absolute atomic E-state index is 0.0689. The van der Waals surface area contributed by atoms with Gasteiger partial charge < -0.3 is 20.2 Å². The molecule has 2 fully saturated rings. The van der Waals surface area contributed by atoms with E-state index in [1.54, 1.807) is 6.33 Å². The molecule has 0 aromatic carbocycles. The molecular formula is C17H26ClN5O2. The van der Waals surface area contributed by atoms with E-state index in [2.05, 4.69) is 21.8 Å². The molecule has 3 rings (SSSR count). The van der Waals surface area contributed by atoms with E-state index in [1.165, 1.54) is 0 Å². The van der Waals surface area contributed by atoms with Crippen molar-refractivity contribution in [2.45, 2.75) is 31.9 Å². The first-order valence-corrected chi connectivity index (χ1v) is 9.20. The molecule has 0 radical (unpaired) electrons. The first kappa shape index (κ1) is 18.4. The highest BCUT2D eigenvalue weighted by molar-refractivity contribution is 6.30. The average molecular weight is 368 g/mol. The molecule has 2 aliphatic heterocycles. The Bertz CT molecular complexity index is 606. The van der Waals surface area contributed by atoms with Crippen LogP contribution in [0, 0.1) is 5.41 Å². The van der Waals surface area contributed by atoms with Crippen LogP contribution >= 0.6 is 11.6 Å². The molecule has 0 aliphatic carbocycles. The van der Waals surface area contributed by atoms with Crippen LogP contribution in [0.15, 0.2) is 18.1 Å². The van der Waals surface area contributed by atoms with Gasteiger partial charge in [0.15, 0.2) is 0 Å². The summed E-state index contributed by atoms with van der Waals surface area (Å²) in [5, 5.41) is 11.8. The van der Waals surface area contributed by atoms with E-state index < -0.39 is 0 Å². The van der Waals surface area contributed by atoms with Crippen LogP contribution in [-0.4, -0.2) is 59.6 Å². The maximum atomic E-state index is 8.47. The maximum Gasteiger partial charge on any atom is 0.142 e. The van der Waals surface area contributed by atoms with Gasteiger partial charge in [0.2, 0.25) is 0 Å². The molecule has 1 atom stereocenters. The lowest BCUT2D eigenvalue weighted by molar-refractivity contribution is -0.0307. The Kier molecular flexibility index (Phi) is 6.47. The average Bonchev–Trinajstić information content (AvgIpc) is 3.04. The Morgan fingerprint density at radius 1 is 1.36 bits per heavy atom. The quantitative estimate of drug-likeness (QED) is 0.572. The van der Waals surface area contributed by atoms with Crippen LogP contribution in [0.4, 0.5) is 5.82 Å². The van der Waals surface area contributed by atoms with Crippen molar-refractivity contribution >= 4 is 23.1 Å². The Morgan fingerprint density at radius 3 is 2.84 bits per heavy atom. The number of imidazole rings is 1. The van der Waals surface area contributed by atoms with Crippen LogP contribution in [0.5, 0.6) is 0 Å². The Hall–Kier alpha value is -1.41. The zero-order valence-electron chi connectivity index (χ0n) is 14.5. The van der Waals surface area contributed by atoms with Gasteiger partial charge in [0, 0.05) is 32.7 Å². The topological polar surface area (TPSA) is 75.4 Å². The van der Waals surface area contributed by atoms with E-state index >= 15 is 0 Å². The van der Waals surface area contributed by atoms with Gasteiger partial charge in [-0.3, -0.25) is 9.47 Å². The molecule has 3 heterocycles. The highest BCUT2D eigenvalue weighted by Crippen LogP contribution is 2.29. The third-order valence-electron chi connectivity index (χ3n) is 4.58. The van der Waals surface area contributed by atoms with Crippen LogP contribution in [0.25, 0.3) is 0 Å². The van der Waals surface area contributed by atoms with E-state index in [0.29, 0.717) is 28.8 Å². The smallest absolute Gasteiger partial charge is 0.142 e. The normalized spacial score (nSPS) is 21.9. The van der Waals surface area contributed by atoms with Crippen LogP contribution < -0.4 is 5.32 Å². The molecule has 1 unspecified atom stereocenters. The zero-order valence-corrected chi connectivity index (χ0v) is 15.2. The maximum absolute atomic E-state index is 8.47. The Balaban J connectivity index is 1.71. The third kappa shape index (κ3) is 4.82. The summed E-state index contributed by atoms with van der Waals surface area (Å²) < 4.78 is 13.2. The van der Waals surface area contributed by atoms with Crippen LogP contribution in [-0.2, 0) is 9.47 Å². The first-order valence-electron chi connectivity index (χ1n) is 8.83. The number of hydrogen-bond acceptors (Lipinski definition) is 6. The van der Waals surface area contributed by atoms with Crippen molar-refractivity contribution in [3.05, 3.63) is 23.8 Å². The summed E-state index contributed by atoms with van der Waals surface area (Å²) in [5.74, 6) is 0.693. The minimum atomic E-state index is -0.0689. The first-order chi connectivity index (χ1) is 12.1. The van der Waals surface area contributed by atoms with Crippen molar-refractivity contribution in [2.75, 3.05) is 44.8 Å². The monoisotopic (exact) mass is 367 g/mol. The van der Waals surface area contributed by atoms with E-state index in [0.717, 1.165) is 58.7 Å². The van der Waals surface area contributed by atoms with E-state index in [4.69, 9.17) is 26.5 Å². The molecule has 25 heavy (non-hydrogen) atoms. The Labute approximate surface area is 153 Å².